The lowest BCUT2D eigenvalue weighted by molar-refractivity contribution is -0.134. The van der Waals surface area contributed by atoms with Gasteiger partial charge in [0.15, 0.2) is 0 Å². The van der Waals surface area contributed by atoms with Gasteiger partial charge in [-0.3, -0.25) is 4.79 Å². The van der Waals surface area contributed by atoms with Gasteiger partial charge in [0.1, 0.15) is 0 Å². The van der Waals surface area contributed by atoms with E-state index in [9.17, 15) is 9.90 Å². The Kier molecular flexibility index (Phi) is 4.28. The second kappa shape index (κ2) is 5.87. The summed E-state index contributed by atoms with van der Waals surface area (Å²) in [4.78, 5) is 15.1. The van der Waals surface area contributed by atoms with E-state index >= 15 is 0 Å². The molecule has 24 heavy (non-hydrogen) atoms. The summed E-state index contributed by atoms with van der Waals surface area (Å²) in [6, 6.07) is 8.42. The van der Waals surface area contributed by atoms with E-state index < -0.39 is 11.0 Å². The van der Waals surface area contributed by atoms with Crippen molar-refractivity contribution in [1.29, 1.82) is 0 Å². The number of aryl methyl sites for hydroxylation is 1. The Labute approximate surface area is 146 Å². The minimum absolute atomic E-state index is 0.00212. The predicted octanol–water partition coefficient (Wildman–Crippen LogP) is 3.82. The van der Waals surface area contributed by atoms with Crippen LogP contribution in [0.25, 0.3) is 0 Å². The van der Waals surface area contributed by atoms with Crippen LogP contribution in [0, 0.1) is 12.3 Å². The number of rotatable bonds is 5. The predicted molar refractivity (Wildman–Crippen MR) is 96.9 cm³/mol. The van der Waals surface area contributed by atoms with Crippen molar-refractivity contribution in [1.82, 2.24) is 4.90 Å². The molecule has 0 radical (unpaired) electrons. The number of hydrogen-bond acceptors (Lipinski definition) is 2. The Morgan fingerprint density at radius 1 is 1.17 bits per heavy atom. The number of benzene rings is 1. The molecular weight excluding hydrogens is 298 g/mol. The Morgan fingerprint density at radius 2 is 1.71 bits per heavy atom. The number of carbonyl (C=O) groups is 1. The van der Waals surface area contributed by atoms with Crippen molar-refractivity contribution in [3.63, 3.8) is 0 Å². The monoisotopic (exact) mass is 329 g/mol. The number of hydrogen-bond donors (Lipinski definition) is 1. The van der Waals surface area contributed by atoms with E-state index in [1.807, 2.05) is 11.9 Å². The summed E-state index contributed by atoms with van der Waals surface area (Å²) in [5.41, 5.74) is 1.40. The highest BCUT2D eigenvalue weighted by Gasteiger charge is 2.67. The molecule has 1 aromatic rings. The molecule has 0 unspecified atom stereocenters. The van der Waals surface area contributed by atoms with Crippen molar-refractivity contribution >= 4 is 5.91 Å². The molecule has 3 heteroatoms. The molecule has 0 aromatic heterocycles. The number of likely N-dealkylation sites (N-methyl/N-ethyl adjacent to an activating group) is 1. The van der Waals surface area contributed by atoms with Gasteiger partial charge >= 0.3 is 0 Å². The molecule has 0 saturated heterocycles. The zero-order chi connectivity index (χ0) is 17.6. The summed E-state index contributed by atoms with van der Waals surface area (Å²) in [7, 11) is 1.89. The summed E-state index contributed by atoms with van der Waals surface area (Å²) >= 11 is 0. The summed E-state index contributed by atoms with van der Waals surface area (Å²) in [5.74, 6) is 0.206. The fraction of sp³-hybridized carbons (Fsp3) is 0.667. The maximum absolute atomic E-state index is 13.3. The van der Waals surface area contributed by atoms with Gasteiger partial charge in [0, 0.05) is 13.6 Å². The summed E-state index contributed by atoms with van der Waals surface area (Å²) in [6.07, 6.45) is 5.56. The molecule has 3 nitrogen and oxygen atoms in total. The lowest BCUT2D eigenvalue weighted by Crippen LogP contribution is -2.41. The minimum atomic E-state index is -0.551. The van der Waals surface area contributed by atoms with E-state index in [1.165, 1.54) is 5.56 Å². The molecule has 0 heterocycles. The highest BCUT2D eigenvalue weighted by molar-refractivity contribution is 5.93. The van der Waals surface area contributed by atoms with Crippen LogP contribution < -0.4 is 0 Å². The molecule has 0 bridgehead atoms. The smallest absolute Gasteiger partial charge is 0.233 e. The van der Waals surface area contributed by atoms with Crippen LogP contribution in [0.5, 0.6) is 0 Å². The molecular formula is C21H31NO2. The van der Waals surface area contributed by atoms with Crippen molar-refractivity contribution in [3.8, 4) is 0 Å². The van der Waals surface area contributed by atoms with E-state index in [4.69, 9.17) is 0 Å². The van der Waals surface area contributed by atoms with Gasteiger partial charge in [0.25, 0.3) is 0 Å². The topological polar surface area (TPSA) is 40.5 Å². The van der Waals surface area contributed by atoms with Crippen molar-refractivity contribution < 1.29 is 9.90 Å². The van der Waals surface area contributed by atoms with E-state index in [0.717, 1.165) is 37.7 Å². The maximum Gasteiger partial charge on any atom is 0.233 e. The highest BCUT2D eigenvalue weighted by Crippen LogP contribution is 2.65. The largest absolute Gasteiger partial charge is 0.390 e. The molecule has 2 aliphatic carbocycles. The first-order valence-electron chi connectivity index (χ1n) is 9.25. The Bertz CT molecular complexity index is 613. The second-order valence-electron chi connectivity index (χ2n) is 8.74. The zero-order valence-electron chi connectivity index (χ0n) is 15.6. The van der Waals surface area contributed by atoms with Gasteiger partial charge in [-0.15, -0.1) is 0 Å². The molecule has 1 aromatic carbocycles. The normalized spacial score (nSPS) is 27.0. The van der Waals surface area contributed by atoms with Crippen LogP contribution >= 0.6 is 0 Å². The third kappa shape index (κ3) is 2.88. The van der Waals surface area contributed by atoms with Gasteiger partial charge in [0.2, 0.25) is 5.91 Å². The molecule has 2 saturated carbocycles. The van der Waals surface area contributed by atoms with E-state index in [0.29, 0.717) is 13.0 Å². The van der Waals surface area contributed by atoms with Gasteiger partial charge in [-0.1, -0.05) is 56.5 Å². The summed E-state index contributed by atoms with van der Waals surface area (Å²) in [5, 5.41) is 10.6. The Morgan fingerprint density at radius 3 is 2.21 bits per heavy atom. The number of aliphatic hydroxyl groups is 1. The van der Waals surface area contributed by atoms with Crippen LogP contribution in [-0.4, -0.2) is 35.1 Å². The second-order valence-corrected chi connectivity index (χ2v) is 8.74. The molecule has 132 valence electrons. The summed E-state index contributed by atoms with van der Waals surface area (Å²) in [6.45, 7) is 7.08. The fourth-order valence-corrected chi connectivity index (χ4v) is 4.52. The third-order valence-electron chi connectivity index (χ3n) is 6.44. The van der Waals surface area contributed by atoms with E-state index in [1.54, 1.807) is 0 Å². The van der Waals surface area contributed by atoms with Crippen molar-refractivity contribution in [2.45, 2.75) is 70.3 Å². The van der Waals surface area contributed by atoms with Gasteiger partial charge < -0.3 is 10.0 Å². The SMILES string of the molecule is Cc1ccc([C@@]2(C(=O)N(C)CCC3(O)CCCC3)CC2(C)C)cc1. The first-order chi connectivity index (χ1) is 11.2. The first-order valence-corrected chi connectivity index (χ1v) is 9.25. The molecule has 2 aliphatic rings. The van der Waals surface area contributed by atoms with Crippen LogP contribution in [0.4, 0.5) is 0 Å². The molecule has 0 aliphatic heterocycles. The van der Waals surface area contributed by atoms with E-state index in [2.05, 4.69) is 45.0 Å². The molecule has 0 spiro atoms. The lowest BCUT2D eigenvalue weighted by Gasteiger charge is -2.30. The average Bonchev–Trinajstić information content (AvgIpc) is 2.89. The number of carbonyl (C=O) groups excluding carboxylic acids is 1. The fourth-order valence-electron chi connectivity index (χ4n) is 4.52. The molecule has 2 fully saturated rings. The van der Waals surface area contributed by atoms with Crippen LogP contribution in [-0.2, 0) is 10.2 Å². The number of nitrogens with zero attached hydrogens (tertiary/aromatic N) is 1. The quantitative estimate of drug-likeness (QED) is 0.892. The van der Waals surface area contributed by atoms with Crippen LogP contribution in [0.2, 0.25) is 0 Å². The molecule has 1 amide bonds. The van der Waals surface area contributed by atoms with Gasteiger partial charge in [-0.25, -0.2) is 0 Å². The van der Waals surface area contributed by atoms with Gasteiger partial charge in [-0.05, 0) is 43.6 Å². The zero-order valence-corrected chi connectivity index (χ0v) is 15.6. The molecule has 3 rings (SSSR count). The number of amides is 1. The lowest BCUT2D eigenvalue weighted by atomic mass is 9.86. The summed E-state index contributed by atoms with van der Waals surface area (Å²) < 4.78 is 0. The third-order valence-corrected chi connectivity index (χ3v) is 6.44. The van der Waals surface area contributed by atoms with E-state index in [-0.39, 0.29) is 11.3 Å². The molecule has 1 N–H and O–H groups in total. The van der Waals surface area contributed by atoms with Gasteiger partial charge in [0.05, 0.1) is 11.0 Å². The first kappa shape index (κ1) is 17.5. The Balaban J connectivity index is 1.74. The highest BCUT2D eigenvalue weighted by atomic mass is 16.3. The van der Waals surface area contributed by atoms with Crippen molar-refractivity contribution in [2.24, 2.45) is 5.41 Å². The maximum atomic E-state index is 13.3. The van der Waals surface area contributed by atoms with Gasteiger partial charge in [-0.2, -0.15) is 0 Å². The standard InChI is InChI=1S/C21H31NO2/c1-16-7-9-17(10-8-16)21(15-19(21,2)3)18(23)22(4)14-13-20(24)11-5-6-12-20/h7-10,24H,5-6,11-15H2,1-4H3/t21-/m1/s1. The van der Waals surface area contributed by atoms with Crippen molar-refractivity contribution in [2.75, 3.05) is 13.6 Å². The average molecular weight is 329 g/mol. The van der Waals surface area contributed by atoms with Crippen LogP contribution in [0.1, 0.15) is 63.5 Å². The molecule has 1 atom stereocenters. The minimum Gasteiger partial charge on any atom is -0.390 e. The van der Waals surface area contributed by atoms with Crippen LogP contribution in [0.3, 0.4) is 0 Å². The Hall–Kier alpha value is -1.35. The van der Waals surface area contributed by atoms with Crippen LogP contribution in [0.15, 0.2) is 24.3 Å². The van der Waals surface area contributed by atoms with Crippen molar-refractivity contribution in [3.05, 3.63) is 35.4 Å².